The van der Waals surface area contributed by atoms with E-state index in [0.717, 1.165) is 0 Å². The van der Waals surface area contributed by atoms with Crippen LogP contribution in [0.4, 0.5) is 0 Å². The summed E-state index contributed by atoms with van der Waals surface area (Å²) in [7, 11) is -2.25. The number of carbonyl (C=O) groups excluding carboxylic acids is 1. The monoisotopic (exact) mass is 332 g/mol. The summed E-state index contributed by atoms with van der Waals surface area (Å²) in [6, 6.07) is 4.25. The zero-order valence-electron chi connectivity index (χ0n) is 9.73. The van der Waals surface area contributed by atoms with Crippen molar-refractivity contribution in [2.24, 2.45) is 0 Å². The average molecular weight is 333 g/mol. The van der Waals surface area contributed by atoms with Crippen molar-refractivity contribution < 1.29 is 13.2 Å². The maximum absolute atomic E-state index is 11.8. The standard InChI is InChI=1S/C11H13BrN2O3S/c1-3-6-14-11(15)9-7-8(4-5-10(9)12)18(16,17)13-2/h3-5,7,13H,1,6H2,2H3,(H,14,15). The molecule has 2 N–H and O–H groups in total. The van der Waals surface area contributed by atoms with Gasteiger partial charge in [0, 0.05) is 11.0 Å². The van der Waals surface area contributed by atoms with Gasteiger partial charge in [-0.25, -0.2) is 13.1 Å². The lowest BCUT2D eigenvalue weighted by Gasteiger charge is -2.08. The molecule has 0 aliphatic rings. The molecular weight excluding hydrogens is 320 g/mol. The number of amides is 1. The largest absolute Gasteiger partial charge is 0.349 e. The molecule has 1 aromatic carbocycles. The molecule has 0 unspecified atom stereocenters. The van der Waals surface area contributed by atoms with Crippen LogP contribution in [0, 0.1) is 0 Å². The van der Waals surface area contributed by atoms with E-state index in [1.807, 2.05) is 0 Å². The minimum absolute atomic E-state index is 0.0388. The Bertz CT molecular complexity index is 570. The van der Waals surface area contributed by atoms with E-state index in [1.54, 1.807) is 6.08 Å². The van der Waals surface area contributed by atoms with E-state index < -0.39 is 10.0 Å². The van der Waals surface area contributed by atoms with E-state index in [-0.39, 0.29) is 16.4 Å². The van der Waals surface area contributed by atoms with Gasteiger partial charge in [-0.3, -0.25) is 4.79 Å². The molecule has 1 amide bonds. The van der Waals surface area contributed by atoms with Crippen LogP contribution in [0.5, 0.6) is 0 Å². The number of benzene rings is 1. The maximum atomic E-state index is 11.8. The zero-order valence-corrected chi connectivity index (χ0v) is 12.1. The van der Waals surface area contributed by atoms with Crippen molar-refractivity contribution in [3.05, 3.63) is 40.9 Å². The lowest BCUT2D eigenvalue weighted by atomic mass is 10.2. The number of carbonyl (C=O) groups is 1. The van der Waals surface area contributed by atoms with Crippen molar-refractivity contribution in [3.8, 4) is 0 Å². The normalized spacial score (nSPS) is 11.0. The zero-order chi connectivity index (χ0) is 13.8. The van der Waals surface area contributed by atoms with Gasteiger partial charge in [0.05, 0.1) is 10.5 Å². The highest BCUT2D eigenvalue weighted by molar-refractivity contribution is 9.10. The summed E-state index contributed by atoms with van der Waals surface area (Å²) >= 11 is 3.21. The van der Waals surface area contributed by atoms with Crippen LogP contribution < -0.4 is 10.0 Å². The second-order valence-corrected chi connectivity index (χ2v) is 6.09. The van der Waals surface area contributed by atoms with E-state index in [9.17, 15) is 13.2 Å². The Hall–Kier alpha value is -1.18. The first-order chi connectivity index (χ1) is 8.42. The van der Waals surface area contributed by atoms with Crippen LogP contribution in [-0.2, 0) is 10.0 Å². The van der Waals surface area contributed by atoms with Crippen LogP contribution in [0.1, 0.15) is 10.4 Å². The maximum Gasteiger partial charge on any atom is 0.252 e. The second-order valence-electron chi connectivity index (χ2n) is 3.35. The average Bonchev–Trinajstić information content (AvgIpc) is 2.36. The molecule has 0 atom stereocenters. The summed E-state index contributed by atoms with van der Waals surface area (Å²) < 4.78 is 26.0. The van der Waals surface area contributed by atoms with E-state index in [4.69, 9.17) is 0 Å². The molecule has 0 aliphatic carbocycles. The summed E-state index contributed by atoms with van der Waals surface area (Å²) in [5.74, 6) is -0.366. The highest BCUT2D eigenvalue weighted by atomic mass is 79.9. The van der Waals surface area contributed by atoms with Gasteiger partial charge in [0.1, 0.15) is 0 Å². The van der Waals surface area contributed by atoms with Gasteiger partial charge in [0.2, 0.25) is 10.0 Å². The minimum atomic E-state index is -3.56. The van der Waals surface area contributed by atoms with E-state index in [0.29, 0.717) is 11.0 Å². The molecule has 0 bridgehead atoms. The predicted molar refractivity (Wildman–Crippen MR) is 72.9 cm³/mol. The second kappa shape index (κ2) is 6.12. The number of nitrogens with one attached hydrogen (secondary N) is 2. The Kier molecular flexibility index (Phi) is 5.06. The Morgan fingerprint density at radius 1 is 1.50 bits per heavy atom. The first-order valence-corrected chi connectivity index (χ1v) is 7.32. The first kappa shape index (κ1) is 14.9. The fraction of sp³-hybridized carbons (Fsp3) is 0.182. The van der Waals surface area contributed by atoms with Crippen LogP contribution in [-0.4, -0.2) is 27.9 Å². The molecule has 18 heavy (non-hydrogen) atoms. The van der Waals surface area contributed by atoms with Gasteiger partial charge < -0.3 is 5.32 Å². The Labute approximate surface area is 114 Å². The third-order valence-corrected chi connectivity index (χ3v) is 4.27. The molecule has 0 radical (unpaired) electrons. The van der Waals surface area contributed by atoms with Gasteiger partial charge in [-0.2, -0.15) is 0 Å². The topological polar surface area (TPSA) is 75.3 Å². The Morgan fingerprint density at radius 2 is 2.17 bits per heavy atom. The number of rotatable bonds is 5. The van der Waals surface area contributed by atoms with Crippen LogP contribution >= 0.6 is 15.9 Å². The molecular formula is C11H13BrN2O3S. The number of halogens is 1. The molecule has 7 heteroatoms. The third kappa shape index (κ3) is 3.41. The Balaban J connectivity index is 3.17. The molecule has 0 fully saturated rings. The van der Waals surface area contributed by atoms with E-state index in [1.165, 1.54) is 25.2 Å². The summed E-state index contributed by atoms with van der Waals surface area (Å²) in [6.07, 6.45) is 1.54. The summed E-state index contributed by atoms with van der Waals surface area (Å²) in [5.41, 5.74) is 0.258. The summed E-state index contributed by atoms with van der Waals surface area (Å²) in [5, 5.41) is 2.58. The molecule has 1 rings (SSSR count). The fourth-order valence-corrected chi connectivity index (χ4v) is 2.41. The van der Waals surface area contributed by atoms with E-state index >= 15 is 0 Å². The van der Waals surface area contributed by atoms with Crippen molar-refractivity contribution >= 4 is 31.9 Å². The highest BCUT2D eigenvalue weighted by Crippen LogP contribution is 2.20. The lowest BCUT2D eigenvalue weighted by molar-refractivity contribution is 0.0957. The Morgan fingerprint density at radius 3 is 2.72 bits per heavy atom. The van der Waals surface area contributed by atoms with Gasteiger partial charge in [-0.05, 0) is 41.2 Å². The van der Waals surface area contributed by atoms with Gasteiger partial charge in [0.15, 0.2) is 0 Å². The molecule has 0 saturated carbocycles. The van der Waals surface area contributed by atoms with Crippen molar-refractivity contribution in [1.82, 2.24) is 10.0 Å². The quantitative estimate of drug-likeness (QED) is 0.797. The fourth-order valence-electron chi connectivity index (χ4n) is 1.22. The smallest absolute Gasteiger partial charge is 0.252 e. The SMILES string of the molecule is C=CCNC(=O)c1cc(S(=O)(=O)NC)ccc1Br. The van der Waals surface area contributed by atoms with Gasteiger partial charge in [0.25, 0.3) is 5.91 Å². The highest BCUT2D eigenvalue weighted by Gasteiger charge is 2.16. The van der Waals surface area contributed by atoms with Crippen LogP contribution in [0.2, 0.25) is 0 Å². The number of sulfonamides is 1. The van der Waals surface area contributed by atoms with Gasteiger partial charge in [-0.1, -0.05) is 6.08 Å². The molecule has 0 spiro atoms. The molecule has 0 heterocycles. The molecule has 1 aromatic rings. The van der Waals surface area contributed by atoms with Crippen molar-refractivity contribution in [3.63, 3.8) is 0 Å². The molecule has 0 aliphatic heterocycles. The molecule has 0 aromatic heterocycles. The summed E-state index contributed by atoms with van der Waals surface area (Å²) in [4.78, 5) is 11.8. The van der Waals surface area contributed by atoms with Crippen molar-refractivity contribution in [2.75, 3.05) is 13.6 Å². The molecule has 0 saturated heterocycles. The first-order valence-electron chi connectivity index (χ1n) is 5.04. The van der Waals surface area contributed by atoms with Crippen molar-refractivity contribution in [2.45, 2.75) is 4.90 Å². The number of hydrogen-bond donors (Lipinski definition) is 2. The van der Waals surface area contributed by atoms with Gasteiger partial charge >= 0.3 is 0 Å². The van der Waals surface area contributed by atoms with Crippen LogP contribution in [0.3, 0.4) is 0 Å². The number of hydrogen-bond acceptors (Lipinski definition) is 3. The van der Waals surface area contributed by atoms with E-state index in [2.05, 4.69) is 32.5 Å². The van der Waals surface area contributed by atoms with Crippen molar-refractivity contribution in [1.29, 1.82) is 0 Å². The minimum Gasteiger partial charge on any atom is -0.349 e. The molecule has 5 nitrogen and oxygen atoms in total. The summed E-state index contributed by atoms with van der Waals surface area (Å²) in [6.45, 7) is 3.80. The van der Waals surface area contributed by atoms with Gasteiger partial charge in [-0.15, -0.1) is 6.58 Å². The predicted octanol–water partition coefficient (Wildman–Crippen LogP) is 1.27. The van der Waals surface area contributed by atoms with Crippen LogP contribution in [0.25, 0.3) is 0 Å². The lowest BCUT2D eigenvalue weighted by Crippen LogP contribution is -2.24. The third-order valence-electron chi connectivity index (χ3n) is 2.17. The van der Waals surface area contributed by atoms with Crippen LogP contribution in [0.15, 0.2) is 40.2 Å². The molecule has 98 valence electrons.